The van der Waals surface area contributed by atoms with Gasteiger partial charge in [0, 0.05) is 0 Å². The molecule has 19 heavy (non-hydrogen) atoms. The van der Waals surface area contributed by atoms with Crippen LogP contribution in [-0.4, -0.2) is 14.2 Å². The van der Waals surface area contributed by atoms with E-state index < -0.39 is 9.84 Å². The van der Waals surface area contributed by atoms with E-state index in [2.05, 4.69) is 0 Å². The quantitative estimate of drug-likeness (QED) is 0.828. The molecule has 2 nitrogen and oxygen atoms in total. The number of unbranched alkanes of at least 4 members (excludes halogenated alkanes) is 1. The third kappa shape index (κ3) is 3.44. The molecule has 0 unspecified atom stereocenters. The van der Waals surface area contributed by atoms with Crippen molar-refractivity contribution in [1.29, 1.82) is 0 Å². The van der Waals surface area contributed by atoms with E-state index in [9.17, 15) is 8.42 Å². The molecule has 0 aliphatic rings. The van der Waals surface area contributed by atoms with Crippen LogP contribution in [0.15, 0.2) is 59.5 Å². The third-order valence-corrected chi connectivity index (χ3v) is 4.87. The summed E-state index contributed by atoms with van der Waals surface area (Å²) in [4.78, 5) is 0.419. The Kier molecular flexibility index (Phi) is 4.38. The topological polar surface area (TPSA) is 34.1 Å². The molecule has 0 fully saturated rings. The van der Waals surface area contributed by atoms with E-state index in [4.69, 9.17) is 0 Å². The van der Waals surface area contributed by atoms with Gasteiger partial charge in [-0.3, -0.25) is 0 Å². The minimum Gasteiger partial charge on any atom is -0.224 e. The second kappa shape index (κ2) is 6.02. The van der Waals surface area contributed by atoms with E-state index in [-0.39, 0.29) is 5.75 Å². The maximum Gasteiger partial charge on any atom is 0.178 e. The molecule has 0 heterocycles. The molecule has 0 amide bonds. The largest absolute Gasteiger partial charge is 0.224 e. The zero-order valence-electron chi connectivity index (χ0n) is 11.0. The molecule has 0 saturated heterocycles. The fraction of sp³-hybridized carbons (Fsp3) is 0.250. The first-order chi connectivity index (χ1) is 9.13. The molecule has 0 bridgehead atoms. The molecule has 0 aromatic heterocycles. The molecule has 0 aliphatic carbocycles. The predicted molar refractivity (Wildman–Crippen MR) is 78.8 cm³/mol. The highest BCUT2D eigenvalue weighted by molar-refractivity contribution is 7.91. The van der Waals surface area contributed by atoms with Gasteiger partial charge >= 0.3 is 0 Å². The lowest BCUT2D eigenvalue weighted by Gasteiger charge is -2.06. The molecular formula is C16H18O2S. The highest BCUT2D eigenvalue weighted by Gasteiger charge is 2.14. The summed E-state index contributed by atoms with van der Waals surface area (Å²) in [7, 11) is -3.15. The highest BCUT2D eigenvalue weighted by Crippen LogP contribution is 2.23. The van der Waals surface area contributed by atoms with Crippen molar-refractivity contribution in [2.24, 2.45) is 0 Å². The van der Waals surface area contributed by atoms with Gasteiger partial charge in [0.15, 0.2) is 9.84 Å². The van der Waals surface area contributed by atoms with Gasteiger partial charge in [0.2, 0.25) is 0 Å². The Bertz CT molecular complexity index is 631. The van der Waals surface area contributed by atoms with Gasteiger partial charge in [0.25, 0.3) is 0 Å². The van der Waals surface area contributed by atoms with Crippen molar-refractivity contribution in [2.45, 2.75) is 24.7 Å². The van der Waals surface area contributed by atoms with E-state index in [0.717, 1.165) is 17.5 Å². The molecule has 0 atom stereocenters. The first-order valence-corrected chi connectivity index (χ1v) is 8.17. The van der Waals surface area contributed by atoms with Crippen LogP contribution in [0, 0.1) is 0 Å². The molecule has 2 aromatic carbocycles. The summed E-state index contributed by atoms with van der Waals surface area (Å²) < 4.78 is 24.3. The Morgan fingerprint density at radius 3 is 2.26 bits per heavy atom. The molecule has 100 valence electrons. The van der Waals surface area contributed by atoms with Crippen molar-refractivity contribution in [2.75, 3.05) is 5.75 Å². The van der Waals surface area contributed by atoms with Crippen LogP contribution >= 0.6 is 0 Å². The lowest BCUT2D eigenvalue weighted by Crippen LogP contribution is -2.06. The minimum atomic E-state index is -3.15. The Morgan fingerprint density at radius 1 is 0.895 bits per heavy atom. The standard InChI is InChI=1S/C16H18O2S/c1-2-3-12-19(17,18)16-11-7-10-15(13-16)14-8-5-4-6-9-14/h4-11,13H,2-3,12H2,1H3. The summed E-state index contributed by atoms with van der Waals surface area (Å²) in [6.07, 6.45) is 1.59. The van der Waals surface area contributed by atoms with E-state index in [1.807, 2.05) is 43.3 Å². The van der Waals surface area contributed by atoms with E-state index >= 15 is 0 Å². The summed E-state index contributed by atoms with van der Waals surface area (Å²) in [6.45, 7) is 2.00. The first kappa shape index (κ1) is 13.8. The average molecular weight is 274 g/mol. The summed E-state index contributed by atoms with van der Waals surface area (Å²) in [5.74, 6) is 0.224. The molecule has 2 aromatic rings. The van der Waals surface area contributed by atoms with Crippen molar-refractivity contribution in [3.8, 4) is 11.1 Å². The van der Waals surface area contributed by atoms with Gasteiger partial charge in [0.1, 0.15) is 0 Å². The molecule has 0 radical (unpaired) electrons. The predicted octanol–water partition coefficient (Wildman–Crippen LogP) is 3.93. The van der Waals surface area contributed by atoms with Crippen molar-refractivity contribution in [3.63, 3.8) is 0 Å². The van der Waals surface area contributed by atoms with Gasteiger partial charge in [-0.05, 0) is 29.7 Å². The number of hydrogen-bond donors (Lipinski definition) is 0. The maximum absolute atomic E-state index is 12.2. The lowest BCUT2D eigenvalue weighted by atomic mass is 10.1. The third-order valence-electron chi connectivity index (χ3n) is 3.07. The maximum atomic E-state index is 12.2. The van der Waals surface area contributed by atoms with Crippen LogP contribution in [0.5, 0.6) is 0 Å². The summed E-state index contributed by atoms with van der Waals surface area (Å²) in [6, 6.07) is 17.0. The lowest BCUT2D eigenvalue weighted by molar-refractivity contribution is 0.592. The normalized spacial score (nSPS) is 11.4. The molecule has 0 spiro atoms. The van der Waals surface area contributed by atoms with Crippen LogP contribution in [0.25, 0.3) is 11.1 Å². The number of hydrogen-bond acceptors (Lipinski definition) is 2. The molecule has 2 rings (SSSR count). The van der Waals surface area contributed by atoms with Crippen LogP contribution < -0.4 is 0 Å². The fourth-order valence-corrected chi connectivity index (χ4v) is 3.45. The summed E-state index contributed by atoms with van der Waals surface area (Å²) in [5, 5.41) is 0. The zero-order valence-corrected chi connectivity index (χ0v) is 11.9. The average Bonchev–Trinajstić information content (AvgIpc) is 2.46. The minimum absolute atomic E-state index is 0.224. The van der Waals surface area contributed by atoms with Crippen LogP contribution in [0.3, 0.4) is 0 Å². The Morgan fingerprint density at radius 2 is 1.58 bits per heavy atom. The van der Waals surface area contributed by atoms with Crippen molar-refractivity contribution in [3.05, 3.63) is 54.6 Å². The van der Waals surface area contributed by atoms with Gasteiger partial charge in [-0.25, -0.2) is 8.42 Å². The monoisotopic (exact) mass is 274 g/mol. The van der Waals surface area contributed by atoms with Gasteiger partial charge in [-0.2, -0.15) is 0 Å². The fourth-order valence-electron chi connectivity index (χ4n) is 1.95. The van der Waals surface area contributed by atoms with Crippen molar-refractivity contribution >= 4 is 9.84 Å². The second-order valence-electron chi connectivity index (χ2n) is 4.57. The van der Waals surface area contributed by atoms with Gasteiger partial charge in [0.05, 0.1) is 10.6 Å². The van der Waals surface area contributed by atoms with E-state index in [1.165, 1.54) is 0 Å². The highest BCUT2D eigenvalue weighted by atomic mass is 32.2. The van der Waals surface area contributed by atoms with Crippen LogP contribution in [0.4, 0.5) is 0 Å². The zero-order chi connectivity index (χ0) is 13.7. The first-order valence-electron chi connectivity index (χ1n) is 6.52. The molecule has 3 heteroatoms. The van der Waals surface area contributed by atoms with Gasteiger partial charge < -0.3 is 0 Å². The van der Waals surface area contributed by atoms with E-state index in [1.54, 1.807) is 18.2 Å². The smallest absolute Gasteiger partial charge is 0.178 e. The summed E-state index contributed by atoms with van der Waals surface area (Å²) >= 11 is 0. The Balaban J connectivity index is 2.35. The van der Waals surface area contributed by atoms with Gasteiger partial charge in [-0.1, -0.05) is 55.8 Å². The number of sulfone groups is 1. The molecule has 0 N–H and O–H groups in total. The molecule has 0 saturated carbocycles. The Labute approximate surface area is 115 Å². The van der Waals surface area contributed by atoms with Crippen molar-refractivity contribution in [1.82, 2.24) is 0 Å². The molecular weight excluding hydrogens is 256 g/mol. The SMILES string of the molecule is CCCCS(=O)(=O)c1cccc(-c2ccccc2)c1. The van der Waals surface area contributed by atoms with E-state index in [0.29, 0.717) is 11.3 Å². The van der Waals surface area contributed by atoms with Crippen LogP contribution in [0.1, 0.15) is 19.8 Å². The van der Waals surface area contributed by atoms with Crippen LogP contribution in [0.2, 0.25) is 0 Å². The van der Waals surface area contributed by atoms with Crippen molar-refractivity contribution < 1.29 is 8.42 Å². The second-order valence-corrected chi connectivity index (χ2v) is 6.68. The summed E-state index contributed by atoms with van der Waals surface area (Å²) in [5.41, 5.74) is 1.98. The number of rotatable bonds is 5. The molecule has 0 aliphatic heterocycles. The van der Waals surface area contributed by atoms with Crippen LogP contribution in [-0.2, 0) is 9.84 Å². The van der Waals surface area contributed by atoms with Gasteiger partial charge in [-0.15, -0.1) is 0 Å². The Hall–Kier alpha value is -1.61. The number of benzene rings is 2.